The molecule has 6 nitrogen and oxygen atoms in total. The zero-order valence-corrected chi connectivity index (χ0v) is 10.0. The summed E-state index contributed by atoms with van der Waals surface area (Å²) in [5.41, 5.74) is -1.26. The van der Waals surface area contributed by atoms with Gasteiger partial charge in [0, 0.05) is 0 Å². The highest BCUT2D eigenvalue weighted by atomic mass is 127. The van der Waals surface area contributed by atoms with Gasteiger partial charge in [0.05, 0.1) is 17.7 Å². The second-order valence-corrected chi connectivity index (χ2v) is 3.73. The molecule has 0 aliphatic rings. The van der Waals surface area contributed by atoms with Crippen LogP contribution in [0.25, 0.3) is 0 Å². The molecule has 94 valence electrons. The minimum absolute atomic E-state index is 0.133. The van der Waals surface area contributed by atoms with Crippen molar-refractivity contribution in [2.24, 2.45) is 0 Å². The average Bonchev–Trinajstić information content (AvgIpc) is 2.17. The zero-order valence-electron chi connectivity index (χ0n) is 7.86. The molecule has 10 heteroatoms. The molecule has 0 aliphatic heterocycles. The van der Waals surface area contributed by atoms with Crippen LogP contribution in [0.1, 0.15) is 5.56 Å². The summed E-state index contributed by atoms with van der Waals surface area (Å²) in [5.74, 6) is -0.882. The van der Waals surface area contributed by atoms with Gasteiger partial charge in [-0.3, -0.25) is 10.1 Å². The monoisotopic (exact) mass is 364 g/mol. The Morgan fingerprint density at radius 3 is 2.59 bits per heavy atom. The van der Waals surface area contributed by atoms with Crippen LogP contribution in [0.3, 0.4) is 0 Å². The quantitative estimate of drug-likeness (QED) is 0.384. The minimum atomic E-state index is -5.01. The van der Waals surface area contributed by atoms with Crippen LogP contribution in [-0.2, 0) is 6.61 Å². The first-order valence-corrected chi connectivity index (χ1v) is 5.02. The van der Waals surface area contributed by atoms with Crippen LogP contribution in [0.2, 0.25) is 0 Å². The van der Waals surface area contributed by atoms with Gasteiger partial charge < -0.3 is 9.84 Å². The van der Waals surface area contributed by atoms with E-state index in [1.807, 2.05) is 0 Å². The molecule has 1 rings (SSSR count). The average molecular weight is 364 g/mol. The van der Waals surface area contributed by atoms with Crippen molar-refractivity contribution < 1.29 is 27.9 Å². The van der Waals surface area contributed by atoms with Crippen LogP contribution >= 0.6 is 22.6 Å². The lowest BCUT2D eigenvalue weighted by Gasteiger charge is -2.12. The molecule has 0 saturated heterocycles. The normalized spacial score (nSPS) is 11.4. The van der Waals surface area contributed by atoms with E-state index in [-0.39, 0.29) is 3.70 Å². The molecule has 0 amide bonds. The van der Waals surface area contributed by atoms with Crippen molar-refractivity contribution >= 4 is 28.3 Å². The van der Waals surface area contributed by atoms with E-state index < -0.39 is 34.9 Å². The maximum absolute atomic E-state index is 12.0. The van der Waals surface area contributed by atoms with Gasteiger partial charge in [0.2, 0.25) is 0 Å². The molecule has 17 heavy (non-hydrogen) atoms. The topological polar surface area (TPSA) is 85.5 Å². The smallest absolute Gasteiger partial charge is 0.403 e. The number of nitrogens with zero attached hydrogens (tertiary/aromatic N) is 2. The van der Waals surface area contributed by atoms with Crippen molar-refractivity contribution in [1.82, 2.24) is 4.98 Å². The van der Waals surface area contributed by atoms with Crippen LogP contribution < -0.4 is 4.74 Å². The first-order chi connectivity index (χ1) is 7.76. The van der Waals surface area contributed by atoms with E-state index in [0.29, 0.717) is 6.20 Å². The first-order valence-electron chi connectivity index (χ1n) is 3.94. The highest BCUT2D eigenvalue weighted by Crippen LogP contribution is 2.34. The SMILES string of the molecule is O=[N+]([O-])c1c(I)ncc(OC(F)(F)F)c1CO. The number of aromatic nitrogens is 1. The molecule has 1 aromatic rings. The number of hydrogen-bond donors (Lipinski definition) is 1. The Morgan fingerprint density at radius 1 is 1.59 bits per heavy atom. The molecule has 1 N–H and O–H groups in total. The lowest BCUT2D eigenvalue weighted by molar-refractivity contribution is -0.387. The molecule has 0 aromatic carbocycles. The van der Waals surface area contributed by atoms with Crippen molar-refractivity contribution in [1.29, 1.82) is 0 Å². The van der Waals surface area contributed by atoms with E-state index in [9.17, 15) is 23.3 Å². The third kappa shape index (κ3) is 3.39. The highest BCUT2D eigenvalue weighted by molar-refractivity contribution is 14.1. The van der Waals surface area contributed by atoms with E-state index in [1.54, 1.807) is 0 Å². The summed E-state index contributed by atoms with van der Waals surface area (Å²) in [5, 5.41) is 19.5. The fraction of sp³-hybridized carbons (Fsp3) is 0.286. The number of pyridine rings is 1. The maximum Gasteiger partial charge on any atom is 0.573 e. The summed E-state index contributed by atoms with van der Waals surface area (Å²) < 4.78 is 39.4. The van der Waals surface area contributed by atoms with Gasteiger partial charge in [-0.05, 0) is 22.6 Å². The number of nitro groups is 1. The molecule has 0 bridgehead atoms. The summed E-state index contributed by atoms with van der Waals surface area (Å²) in [6.07, 6.45) is -4.33. The molecule has 0 spiro atoms. The van der Waals surface area contributed by atoms with E-state index >= 15 is 0 Å². The molecular weight excluding hydrogens is 360 g/mol. The summed E-state index contributed by atoms with van der Waals surface area (Å²) in [7, 11) is 0. The second-order valence-electron chi connectivity index (χ2n) is 2.70. The van der Waals surface area contributed by atoms with Gasteiger partial charge in [-0.15, -0.1) is 13.2 Å². The van der Waals surface area contributed by atoms with E-state index in [4.69, 9.17) is 5.11 Å². The molecule has 0 radical (unpaired) electrons. The van der Waals surface area contributed by atoms with Crippen LogP contribution in [0, 0.1) is 13.8 Å². The van der Waals surface area contributed by atoms with E-state index in [0.717, 1.165) is 0 Å². The summed E-state index contributed by atoms with van der Waals surface area (Å²) in [4.78, 5) is 13.1. The summed E-state index contributed by atoms with van der Waals surface area (Å²) in [6, 6.07) is 0. The predicted octanol–water partition coefficient (Wildman–Crippen LogP) is 1.99. The van der Waals surface area contributed by atoms with E-state index in [2.05, 4.69) is 9.72 Å². The number of alkyl halides is 3. The van der Waals surface area contributed by atoms with Gasteiger partial charge in [0.1, 0.15) is 5.56 Å². The maximum atomic E-state index is 12.0. The first kappa shape index (κ1) is 13.9. The Bertz CT molecular complexity index is 451. The molecule has 0 saturated carbocycles. The Balaban J connectivity index is 3.33. The predicted molar refractivity (Wildman–Crippen MR) is 56.2 cm³/mol. The fourth-order valence-electron chi connectivity index (χ4n) is 1.05. The number of rotatable bonds is 3. The number of hydrogen-bond acceptors (Lipinski definition) is 5. The number of aliphatic hydroxyl groups excluding tert-OH is 1. The molecule has 0 fully saturated rings. The Hall–Kier alpha value is -1.17. The van der Waals surface area contributed by atoms with Crippen LogP contribution in [0.5, 0.6) is 5.75 Å². The Morgan fingerprint density at radius 2 is 2.18 bits per heavy atom. The summed E-state index contributed by atoms with van der Waals surface area (Å²) in [6.45, 7) is -0.958. The summed E-state index contributed by atoms with van der Waals surface area (Å²) >= 11 is 1.48. The van der Waals surface area contributed by atoms with Crippen molar-refractivity contribution in [3.05, 3.63) is 25.6 Å². The van der Waals surface area contributed by atoms with Gasteiger partial charge in [0.25, 0.3) is 0 Å². The third-order valence-electron chi connectivity index (χ3n) is 1.64. The van der Waals surface area contributed by atoms with Gasteiger partial charge >= 0.3 is 12.0 Å². The molecule has 0 atom stereocenters. The van der Waals surface area contributed by atoms with Crippen LogP contribution in [0.15, 0.2) is 6.20 Å². The zero-order chi connectivity index (χ0) is 13.2. The molecule has 1 aromatic heterocycles. The lowest BCUT2D eigenvalue weighted by Crippen LogP contribution is -2.19. The molecule has 1 heterocycles. The van der Waals surface area contributed by atoms with Crippen molar-refractivity contribution in [2.45, 2.75) is 13.0 Å². The second kappa shape index (κ2) is 5.00. The number of ether oxygens (including phenoxy) is 1. The largest absolute Gasteiger partial charge is 0.573 e. The number of aliphatic hydroxyl groups is 1. The highest BCUT2D eigenvalue weighted by Gasteiger charge is 2.34. The van der Waals surface area contributed by atoms with Gasteiger partial charge in [-0.2, -0.15) is 0 Å². The van der Waals surface area contributed by atoms with E-state index in [1.165, 1.54) is 22.6 Å². The Labute approximate surface area is 106 Å². The van der Waals surface area contributed by atoms with Crippen molar-refractivity contribution in [3.8, 4) is 5.75 Å². The van der Waals surface area contributed by atoms with Gasteiger partial charge in [-0.1, -0.05) is 0 Å². The fourth-order valence-corrected chi connectivity index (χ4v) is 1.71. The molecule has 0 aliphatic carbocycles. The third-order valence-corrected chi connectivity index (χ3v) is 2.43. The molecule has 0 unspecified atom stereocenters. The Kier molecular flexibility index (Phi) is 4.08. The van der Waals surface area contributed by atoms with Crippen LogP contribution in [0.4, 0.5) is 18.9 Å². The van der Waals surface area contributed by atoms with Crippen molar-refractivity contribution in [3.63, 3.8) is 0 Å². The van der Waals surface area contributed by atoms with Crippen molar-refractivity contribution in [2.75, 3.05) is 0 Å². The minimum Gasteiger partial charge on any atom is -0.403 e. The number of halogens is 4. The molecular formula is C7H4F3IN2O4. The van der Waals surface area contributed by atoms with Crippen LogP contribution in [-0.4, -0.2) is 21.4 Å². The standard InChI is InChI=1S/C7H4F3IN2O4/c8-7(9,10)17-4-1-12-6(11)5(13(15)16)3(4)2-14/h1,14H,2H2. The van der Waals surface area contributed by atoms with Gasteiger partial charge in [-0.25, -0.2) is 4.98 Å². The lowest BCUT2D eigenvalue weighted by atomic mass is 10.2. The van der Waals surface area contributed by atoms with Gasteiger partial charge in [0.15, 0.2) is 9.45 Å².